The normalized spacial score (nSPS) is 18.5. The van der Waals surface area contributed by atoms with Crippen molar-refractivity contribution in [3.8, 4) is 0 Å². The number of hydrogen-bond donors (Lipinski definition) is 1. The Bertz CT molecular complexity index is 390. The van der Waals surface area contributed by atoms with E-state index in [1.54, 1.807) is 6.20 Å². The molecule has 1 saturated carbocycles. The van der Waals surface area contributed by atoms with Crippen molar-refractivity contribution in [2.24, 2.45) is 5.92 Å². The zero-order valence-electron chi connectivity index (χ0n) is 10.3. The molecule has 4 nitrogen and oxygen atoms in total. The van der Waals surface area contributed by atoms with Crippen LogP contribution in [0.1, 0.15) is 25.5 Å². The van der Waals surface area contributed by atoms with Gasteiger partial charge in [-0.3, -0.25) is 15.1 Å². The predicted octanol–water partition coefficient (Wildman–Crippen LogP) is 1.51. The second kappa shape index (κ2) is 4.84. The Labute approximate surface area is 101 Å². The summed E-state index contributed by atoms with van der Waals surface area (Å²) in [5.74, 6) is 0.203. The molecule has 0 amide bonds. The summed E-state index contributed by atoms with van der Waals surface area (Å²) in [5.41, 5.74) is 0.356. The maximum atomic E-state index is 11.8. The van der Waals surface area contributed by atoms with Crippen molar-refractivity contribution in [2.45, 2.75) is 31.8 Å². The Morgan fingerprint density at radius 2 is 2.35 bits per heavy atom. The van der Waals surface area contributed by atoms with E-state index in [0.717, 1.165) is 18.5 Å². The number of aromatic nitrogens is 1. The Kier molecular flexibility index (Phi) is 3.43. The van der Waals surface area contributed by atoms with Crippen LogP contribution in [0.5, 0.6) is 0 Å². The first-order chi connectivity index (χ1) is 8.16. The van der Waals surface area contributed by atoms with Gasteiger partial charge in [0.1, 0.15) is 5.54 Å². The molecule has 1 atom stereocenters. The van der Waals surface area contributed by atoms with Gasteiger partial charge in [0.25, 0.3) is 0 Å². The van der Waals surface area contributed by atoms with Gasteiger partial charge in [0.05, 0.1) is 12.8 Å². The van der Waals surface area contributed by atoms with E-state index < -0.39 is 5.54 Å². The van der Waals surface area contributed by atoms with Crippen LogP contribution in [0.25, 0.3) is 0 Å². The number of nitrogens with zero attached hydrogens (tertiary/aromatic N) is 1. The van der Waals surface area contributed by atoms with Crippen molar-refractivity contribution < 1.29 is 9.53 Å². The van der Waals surface area contributed by atoms with Crippen molar-refractivity contribution in [1.29, 1.82) is 0 Å². The third-order valence-electron chi connectivity index (χ3n) is 3.37. The third-order valence-corrected chi connectivity index (χ3v) is 3.37. The van der Waals surface area contributed by atoms with Crippen molar-refractivity contribution >= 4 is 5.97 Å². The molecule has 1 aromatic heterocycles. The summed E-state index contributed by atoms with van der Waals surface area (Å²) in [5, 5.41) is 3.29. The Morgan fingerprint density at radius 1 is 1.59 bits per heavy atom. The lowest BCUT2D eigenvalue weighted by Crippen LogP contribution is -2.51. The van der Waals surface area contributed by atoms with Crippen molar-refractivity contribution in [3.63, 3.8) is 0 Å². The molecule has 92 valence electrons. The number of carbonyl (C=O) groups is 1. The lowest BCUT2D eigenvalue weighted by atomic mass is 9.96. The summed E-state index contributed by atoms with van der Waals surface area (Å²) in [6.07, 6.45) is 3.92. The van der Waals surface area contributed by atoms with Gasteiger partial charge in [0.15, 0.2) is 0 Å². The molecular weight excluding hydrogens is 216 g/mol. The zero-order valence-corrected chi connectivity index (χ0v) is 10.3. The Hall–Kier alpha value is -1.42. The monoisotopic (exact) mass is 234 g/mol. The predicted molar refractivity (Wildman–Crippen MR) is 64.2 cm³/mol. The average Bonchev–Trinajstić information content (AvgIpc) is 3.20. The van der Waals surface area contributed by atoms with Gasteiger partial charge in [-0.2, -0.15) is 0 Å². The van der Waals surface area contributed by atoms with Gasteiger partial charge in [0, 0.05) is 12.7 Å². The highest BCUT2D eigenvalue weighted by molar-refractivity contribution is 5.81. The maximum absolute atomic E-state index is 11.8. The number of hydrogen-bond acceptors (Lipinski definition) is 4. The van der Waals surface area contributed by atoms with Gasteiger partial charge < -0.3 is 4.74 Å². The van der Waals surface area contributed by atoms with E-state index in [4.69, 9.17) is 4.74 Å². The number of carbonyl (C=O) groups excluding carboxylic acids is 1. The van der Waals surface area contributed by atoms with Crippen molar-refractivity contribution in [1.82, 2.24) is 10.3 Å². The molecule has 0 bridgehead atoms. The van der Waals surface area contributed by atoms with Crippen molar-refractivity contribution in [2.75, 3.05) is 7.11 Å². The molecule has 1 aliphatic carbocycles. The molecule has 1 aromatic rings. The standard InChI is InChI=1S/C13H18N2O2/c1-13(10-6-7-10,12(16)17-2)15-9-11-5-3-4-8-14-11/h3-5,8,10,15H,6-7,9H2,1-2H3/t13-/m1/s1. The average molecular weight is 234 g/mol. The summed E-state index contributed by atoms with van der Waals surface area (Å²) in [4.78, 5) is 16.1. The lowest BCUT2D eigenvalue weighted by molar-refractivity contribution is -0.149. The fourth-order valence-electron chi connectivity index (χ4n) is 2.03. The first-order valence-corrected chi connectivity index (χ1v) is 5.90. The summed E-state index contributed by atoms with van der Waals surface area (Å²) in [6, 6.07) is 5.76. The molecule has 0 unspecified atom stereocenters. The minimum atomic E-state index is -0.577. The minimum Gasteiger partial charge on any atom is -0.468 e. The van der Waals surface area contributed by atoms with E-state index in [1.807, 2.05) is 25.1 Å². The molecule has 1 fully saturated rings. The number of nitrogens with one attached hydrogen (secondary N) is 1. The van der Waals surface area contributed by atoms with Crippen LogP contribution in [0.3, 0.4) is 0 Å². The summed E-state index contributed by atoms with van der Waals surface area (Å²) < 4.78 is 4.88. The first kappa shape index (κ1) is 12.0. The van der Waals surface area contributed by atoms with E-state index in [9.17, 15) is 4.79 Å². The number of ether oxygens (including phenoxy) is 1. The third kappa shape index (κ3) is 2.64. The molecule has 0 aromatic carbocycles. The summed E-state index contributed by atoms with van der Waals surface area (Å²) in [6.45, 7) is 2.50. The molecule has 0 spiro atoms. The Morgan fingerprint density at radius 3 is 2.88 bits per heavy atom. The molecule has 0 aliphatic heterocycles. The molecule has 1 heterocycles. The number of rotatable bonds is 5. The minimum absolute atomic E-state index is 0.184. The van der Waals surface area contributed by atoms with Crippen LogP contribution in [0.15, 0.2) is 24.4 Å². The molecule has 0 saturated heterocycles. The number of esters is 1. The summed E-state index contributed by atoms with van der Waals surface area (Å²) >= 11 is 0. The smallest absolute Gasteiger partial charge is 0.326 e. The van der Waals surface area contributed by atoms with E-state index >= 15 is 0 Å². The number of methoxy groups -OCH3 is 1. The van der Waals surface area contributed by atoms with Crippen molar-refractivity contribution in [3.05, 3.63) is 30.1 Å². The van der Waals surface area contributed by atoms with Gasteiger partial charge in [-0.05, 0) is 37.8 Å². The fraction of sp³-hybridized carbons (Fsp3) is 0.538. The number of pyridine rings is 1. The van der Waals surface area contributed by atoms with Crippen LogP contribution >= 0.6 is 0 Å². The van der Waals surface area contributed by atoms with Gasteiger partial charge >= 0.3 is 5.97 Å². The molecular formula is C13H18N2O2. The van der Waals surface area contributed by atoms with Gasteiger partial charge in [-0.1, -0.05) is 6.07 Å². The van der Waals surface area contributed by atoms with Gasteiger partial charge in [-0.15, -0.1) is 0 Å². The lowest BCUT2D eigenvalue weighted by Gasteiger charge is -2.27. The van der Waals surface area contributed by atoms with E-state index in [1.165, 1.54) is 7.11 Å². The highest BCUT2D eigenvalue weighted by Crippen LogP contribution is 2.40. The van der Waals surface area contributed by atoms with Crippen LogP contribution in [-0.2, 0) is 16.1 Å². The molecule has 1 aliphatic rings. The summed E-state index contributed by atoms with van der Waals surface area (Å²) in [7, 11) is 1.44. The van der Waals surface area contributed by atoms with Gasteiger partial charge in [-0.25, -0.2) is 0 Å². The van der Waals surface area contributed by atoms with Crippen LogP contribution in [-0.4, -0.2) is 23.6 Å². The largest absolute Gasteiger partial charge is 0.468 e. The first-order valence-electron chi connectivity index (χ1n) is 5.90. The topological polar surface area (TPSA) is 51.2 Å². The fourth-order valence-corrected chi connectivity index (χ4v) is 2.03. The zero-order chi connectivity index (χ0) is 12.3. The SMILES string of the molecule is COC(=O)[C@](C)(NCc1ccccn1)C1CC1. The maximum Gasteiger partial charge on any atom is 0.326 e. The van der Waals surface area contributed by atoms with E-state index in [2.05, 4.69) is 10.3 Å². The second-order valence-electron chi connectivity index (χ2n) is 4.64. The molecule has 4 heteroatoms. The highest BCUT2D eigenvalue weighted by atomic mass is 16.5. The van der Waals surface area contributed by atoms with Crippen LogP contribution < -0.4 is 5.32 Å². The molecule has 0 radical (unpaired) electrons. The molecule has 17 heavy (non-hydrogen) atoms. The molecule has 2 rings (SSSR count). The Balaban J connectivity index is 2.01. The van der Waals surface area contributed by atoms with Crippen LogP contribution in [0, 0.1) is 5.92 Å². The highest BCUT2D eigenvalue weighted by Gasteiger charge is 2.47. The van der Waals surface area contributed by atoms with E-state index in [0.29, 0.717) is 12.5 Å². The van der Waals surface area contributed by atoms with E-state index in [-0.39, 0.29) is 5.97 Å². The van der Waals surface area contributed by atoms with Gasteiger partial charge in [0.2, 0.25) is 0 Å². The quantitative estimate of drug-likeness (QED) is 0.785. The second-order valence-corrected chi connectivity index (χ2v) is 4.64. The van der Waals surface area contributed by atoms with Crippen LogP contribution in [0.4, 0.5) is 0 Å². The van der Waals surface area contributed by atoms with Crippen LogP contribution in [0.2, 0.25) is 0 Å². The molecule has 1 N–H and O–H groups in total.